The van der Waals surface area contributed by atoms with Gasteiger partial charge in [0.25, 0.3) is 0 Å². The number of rotatable bonds is 5. The first-order chi connectivity index (χ1) is 7.67. The van der Waals surface area contributed by atoms with Crippen molar-refractivity contribution in [1.29, 1.82) is 0 Å². The molecule has 0 unspecified atom stereocenters. The van der Waals surface area contributed by atoms with E-state index >= 15 is 0 Å². The van der Waals surface area contributed by atoms with Crippen LogP contribution in [0.2, 0.25) is 0 Å². The number of carbonyl (C=O) groups excluding carboxylic acids is 1. The molecule has 0 radical (unpaired) electrons. The zero-order valence-electron chi connectivity index (χ0n) is 9.64. The average molecular weight is 223 g/mol. The lowest BCUT2D eigenvalue weighted by molar-refractivity contribution is -0.129. The summed E-state index contributed by atoms with van der Waals surface area (Å²) >= 11 is 0. The number of carbonyl (C=O) groups is 1. The highest BCUT2D eigenvalue weighted by atomic mass is 16.5. The Hall–Kier alpha value is -1.55. The molecule has 0 aromatic heterocycles. The maximum absolute atomic E-state index is 11.6. The topological polar surface area (TPSA) is 49.8 Å². The van der Waals surface area contributed by atoms with Crippen LogP contribution in [-0.2, 0) is 11.2 Å². The maximum atomic E-state index is 11.6. The third-order valence-electron chi connectivity index (χ3n) is 2.38. The van der Waals surface area contributed by atoms with E-state index < -0.39 is 0 Å². The van der Waals surface area contributed by atoms with Gasteiger partial charge < -0.3 is 14.7 Å². The molecule has 1 rings (SSSR count). The Morgan fingerprint density at radius 2 is 2.00 bits per heavy atom. The monoisotopic (exact) mass is 223 g/mol. The van der Waals surface area contributed by atoms with Crippen molar-refractivity contribution in [2.75, 3.05) is 27.3 Å². The first-order valence-corrected chi connectivity index (χ1v) is 5.15. The van der Waals surface area contributed by atoms with Crippen molar-refractivity contribution in [3.05, 3.63) is 29.8 Å². The van der Waals surface area contributed by atoms with Crippen LogP contribution in [0.15, 0.2) is 24.3 Å². The molecule has 0 heterocycles. The summed E-state index contributed by atoms with van der Waals surface area (Å²) in [5, 5.41) is 8.71. The lowest BCUT2D eigenvalue weighted by Crippen LogP contribution is -2.30. The van der Waals surface area contributed by atoms with E-state index in [0.717, 1.165) is 11.3 Å². The SMILES string of the molecule is COc1ccc(CC(=O)N(C)CCO)cc1. The van der Waals surface area contributed by atoms with Crippen molar-refractivity contribution in [1.82, 2.24) is 4.90 Å². The molecule has 1 aromatic rings. The largest absolute Gasteiger partial charge is 0.497 e. The van der Waals surface area contributed by atoms with Gasteiger partial charge in [-0.1, -0.05) is 12.1 Å². The normalized spacial score (nSPS) is 9.94. The first-order valence-electron chi connectivity index (χ1n) is 5.15. The highest BCUT2D eigenvalue weighted by Crippen LogP contribution is 2.12. The number of benzene rings is 1. The van der Waals surface area contributed by atoms with Gasteiger partial charge in [0.15, 0.2) is 0 Å². The standard InChI is InChI=1S/C12H17NO3/c1-13(7-8-14)12(15)9-10-3-5-11(16-2)6-4-10/h3-6,14H,7-9H2,1-2H3. The molecule has 0 saturated heterocycles. The molecule has 1 N–H and O–H groups in total. The van der Waals surface area contributed by atoms with Gasteiger partial charge in [0.05, 0.1) is 20.1 Å². The van der Waals surface area contributed by atoms with Crippen LogP contribution in [0.1, 0.15) is 5.56 Å². The average Bonchev–Trinajstić information content (AvgIpc) is 2.30. The maximum Gasteiger partial charge on any atom is 0.226 e. The third kappa shape index (κ3) is 3.55. The number of hydrogen-bond acceptors (Lipinski definition) is 3. The molecule has 1 amide bonds. The van der Waals surface area contributed by atoms with Crippen LogP contribution in [-0.4, -0.2) is 43.2 Å². The Labute approximate surface area is 95.5 Å². The molecule has 88 valence electrons. The number of amides is 1. The van der Waals surface area contributed by atoms with E-state index in [0.29, 0.717) is 13.0 Å². The molecule has 0 fully saturated rings. The van der Waals surface area contributed by atoms with E-state index in [1.54, 1.807) is 14.2 Å². The van der Waals surface area contributed by atoms with Crippen LogP contribution in [0.25, 0.3) is 0 Å². The number of likely N-dealkylation sites (N-methyl/N-ethyl adjacent to an activating group) is 1. The first kappa shape index (κ1) is 12.5. The second kappa shape index (κ2) is 6.12. The summed E-state index contributed by atoms with van der Waals surface area (Å²) in [6.07, 6.45) is 0.348. The van der Waals surface area contributed by atoms with E-state index in [1.165, 1.54) is 4.90 Å². The molecule has 0 saturated carbocycles. The molecular weight excluding hydrogens is 206 g/mol. The Bertz CT molecular complexity index is 335. The molecule has 0 spiro atoms. The molecule has 0 aliphatic carbocycles. The molecule has 0 aliphatic rings. The van der Waals surface area contributed by atoms with Gasteiger partial charge in [0.2, 0.25) is 5.91 Å². The summed E-state index contributed by atoms with van der Waals surface area (Å²) in [6.45, 7) is 0.361. The third-order valence-corrected chi connectivity index (χ3v) is 2.38. The number of nitrogens with zero attached hydrogens (tertiary/aromatic N) is 1. The Kier molecular flexibility index (Phi) is 4.79. The molecule has 1 aromatic carbocycles. The molecule has 0 aliphatic heterocycles. The van der Waals surface area contributed by atoms with Gasteiger partial charge in [-0.3, -0.25) is 4.79 Å². The zero-order valence-corrected chi connectivity index (χ0v) is 9.64. The lowest BCUT2D eigenvalue weighted by Gasteiger charge is -2.15. The highest BCUT2D eigenvalue weighted by molar-refractivity contribution is 5.78. The predicted molar refractivity (Wildman–Crippen MR) is 61.4 cm³/mol. The van der Waals surface area contributed by atoms with Crippen molar-refractivity contribution in [2.24, 2.45) is 0 Å². The number of ether oxygens (including phenoxy) is 1. The zero-order chi connectivity index (χ0) is 12.0. The van der Waals surface area contributed by atoms with E-state index in [2.05, 4.69) is 0 Å². The summed E-state index contributed by atoms with van der Waals surface area (Å²) in [6, 6.07) is 7.39. The second-order valence-electron chi connectivity index (χ2n) is 3.56. The highest BCUT2D eigenvalue weighted by Gasteiger charge is 2.08. The van der Waals surface area contributed by atoms with E-state index in [4.69, 9.17) is 9.84 Å². The number of aliphatic hydroxyl groups excluding tert-OH is 1. The van der Waals surface area contributed by atoms with Crippen molar-refractivity contribution in [3.63, 3.8) is 0 Å². The number of aliphatic hydroxyl groups is 1. The molecule has 4 heteroatoms. The summed E-state index contributed by atoms with van der Waals surface area (Å²) < 4.78 is 5.03. The van der Waals surface area contributed by atoms with Gasteiger partial charge in [-0.2, -0.15) is 0 Å². The van der Waals surface area contributed by atoms with Crippen molar-refractivity contribution < 1.29 is 14.6 Å². The van der Waals surface area contributed by atoms with E-state index in [-0.39, 0.29) is 12.5 Å². The quantitative estimate of drug-likeness (QED) is 0.799. The van der Waals surface area contributed by atoms with Crippen molar-refractivity contribution in [2.45, 2.75) is 6.42 Å². The molecular formula is C12H17NO3. The van der Waals surface area contributed by atoms with Crippen molar-refractivity contribution in [3.8, 4) is 5.75 Å². The summed E-state index contributed by atoms with van der Waals surface area (Å²) in [4.78, 5) is 13.2. The van der Waals surface area contributed by atoms with Gasteiger partial charge in [-0.15, -0.1) is 0 Å². The fraction of sp³-hybridized carbons (Fsp3) is 0.417. The second-order valence-corrected chi connectivity index (χ2v) is 3.56. The molecule has 0 atom stereocenters. The van der Waals surface area contributed by atoms with Crippen molar-refractivity contribution >= 4 is 5.91 Å². The van der Waals surface area contributed by atoms with E-state index in [9.17, 15) is 4.79 Å². The van der Waals surface area contributed by atoms with Crippen LogP contribution >= 0.6 is 0 Å². The lowest BCUT2D eigenvalue weighted by atomic mass is 10.1. The van der Waals surface area contributed by atoms with Gasteiger partial charge in [-0.05, 0) is 17.7 Å². The fourth-order valence-electron chi connectivity index (χ4n) is 1.33. The van der Waals surface area contributed by atoms with E-state index in [1.807, 2.05) is 24.3 Å². The van der Waals surface area contributed by atoms with Crippen LogP contribution in [0.4, 0.5) is 0 Å². The van der Waals surface area contributed by atoms with Gasteiger partial charge in [-0.25, -0.2) is 0 Å². The molecule has 16 heavy (non-hydrogen) atoms. The Morgan fingerprint density at radius 1 is 1.38 bits per heavy atom. The van der Waals surface area contributed by atoms with Gasteiger partial charge >= 0.3 is 0 Å². The Balaban J connectivity index is 2.55. The van der Waals surface area contributed by atoms with Crippen LogP contribution in [0.3, 0.4) is 0 Å². The summed E-state index contributed by atoms with van der Waals surface area (Å²) in [5.41, 5.74) is 0.940. The minimum atomic E-state index is -0.00907. The van der Waals surface area contributed by atoms with Gasteiger partial charge in [0.1, 0.15) is 5.75 Å². The molecule has 0 bridgehead atoms. The summed E-state index contributed by atoms with van der Waals surface area (Å²) in [5.74, 6) is 0.777. The van der Waals surface area contributed by atoms with Crippen LogP contribution in [0.5, 0.6) is 5.75 Å². The number of methoxy groups -OCH3 is 1. The van der Waals surface area contributed by atoms with Crippen LogP contribution in [0, 0.1) is 0 Å². The van der Waals surface area contributed by atoms with Crippen LogP contribution < -0.4 is 4.74 Å². The fourth-order valence-corrected chi connectivity index (χ4v) is 1.33. The number of hydrogen-bond donors (Lipinski definition) is 1. The Morgan fingerprint density at radius 3 is 2.50 bits per heavy atom. The van der Waals surface area contributed by atoms with Gasteiger partial charge in [0, 0.05) is 13.6 Å². The molecule has 4 nitrogen and oxygen atoms in total. The predicted octanol–water partition coefficient (Wildman–Crippen LogP) is 0.688. The minimum absolute atomic E-state index is 0.000725. The summed E-state index contributed by atoms with van der Waals surface area (Å²) in [7, 11) is 3.29. The minimum Gasteiger partial charge on any atom is -0.497 e. The smallest absolute Gasteiger partial charge is 0.226 e.